The third kappa shape index (κ3) is 9.86. The predicted octanol–water partition coefficient (Wildman–Crippen LogP) is 7.04. The summed E-state index contributed by atoms with van der Waals surface area (Å²) in [5, 5.41) is 3.24. The van der Waals surface area contributed by atoms with E-state index in [1.165, 1.54) is 11.1 Å². The van der Waals surface area contributed by atoms with Gasteiger partial charge < -0.3 is 5.32 Å². The molecule has 1 unspecified atom stereocenters. The summed E-state index contributed by atoms with van der Waals surface area (Å²) in [7, 11) is 0. The van der Waals surface area contributed by atoms with Gasteiger partial charge in [-0.25, -0.2) is 0 Å². The molecule has 2 aromatic rings. The van der Waals surface area contributed by atoms with Crippen molar-refractivity contribution in [3.05, 3.63) is 77.0 Å². The molecule has 0 amide bonds. The Bertz CT molecular complexity index is 917. The molecule has 2 rings (SSSR count). The molecule has 0 aliphatic carbocycles. The molecule has 0 radical (unpaired) electrons. The van der Waals surface area contributed by atoms with E-state index >= 15 is 0 Å². The average Bonchev–Trinajstić information content (AvgIpc) is 2.75. The van der Waals surface area contributed by atoms with Gasteiger partial charge in [-0.1, -0.05) is 74.4 Å². The fourth-order valence-electron chi connectivity index (χ4n) is 3.36. The topological polar surface area (TPSA) is 46.2 Å². The second-order valence-electron chi connectivity index (χ2n) is 8.89. The number of hydrogen-bond donors (Lipinski definition) is 2. The monoisotopic (exact) mass is 453 g/mol. The standard InChI is InChI=1S/C20H23NO.C8H16OS/c1-14-7-5-9-18(11-14)16(3)13-21-17(4)20(22)19-10-6-8-15(2)12-19;1-4-7(8(9)10)5-6(2)3/h5-13,17,21H,1-4H3;6-7H,4-5H2,1-3H3,(H,9,10)/b16-13+;/t;7-/m.0/s1. The molecule has 4 heteroatoms. The van der Waals surface area contributed by atoms with Gasteiger partial charge in [0.1, 0.15) is 0 Å². The fraction of sp³-hybridized carbons (Fsp3) is 0.429. The Morgan fingerprint density at radius 2 is 1.50 bits per heavy atom. The highest BCUT2D eigenvalue weighted by molar-refractivity contribution is 7.96. The second kappa shape index (κ2) is 13.9. The molecule has 0 saturated heterocycles. The van der Waals surface area contributed by atoms with Gasteiger partial charge in [-0.2, -0.15) is 0 Å². The van der Waals surface area contributed by atoms with E-state index in [4.69, 9.17) is 0 Å². The Balaban J connectivity index is 0.000000433. The number of rotatable bonds is 9. The molecule has 0 aromatic heterocycles. The van der Waals surface area contributed by atoms with Gasteiger partial charge in [0.05, 0.1) is 6.04 Å². The Hall–Kier alpha value is -2.33. The molecule has 0 bridgehead atoms. The smallest absolute Gasteiger partial charge is 0.188 e. The molecule has 0 heterocycles. The normalized spacial score (nSPS) is 13.1. The van der Waals surface area contributed by atoms with Crippen LogP contribution in [0.1, 0.15) is 74.5 Å². The molecule has 2 atom stereocenters. The number of ketones is 1. The predicted molar refractivity (Wildman–Crippen MR) is 140 cm³/mol. The first-order chi connectivity index (χ1) is 15.0. The largest absolute Gasteiger partial charge is 0.381 e. The zero-order valence-corrected chi connectivity index (χ0v) is 21.5. The van der Waals surface area contributed by atoms with Crippen molar-refractivity contribution in [3.63, 3.8) is 0 Å². The van der Waals surface area contributed by atoms with Crippen LogP contribution in [0.25, 0.3) is 5.57 Å². The zero-order chi connectivity index (χ0) is 24.3. The summed E-state index contributed by atoms with van der Waals surface area (Å²) < 4.78 is 0. The van der Waals surface area contributed by atoms with E-state index in [9.17, 15) is 9.59 Å². The highest BCUT2D eigenvalue weighted by atomic mass is 32.1. The Labute approximate surface area is 200 Å². The van der Waals surface area contributed by atoms with Crippen molar-refractivity contribution >= 4 is 29.1 Å². The van der Waals surface area contributed by atoms with E-state index in [2.05, 4.69) is 56.9 Å². The van der Waals surface area contributed by atoms with Crippen LogP contribution >= 0.6 is 12.6 Å². The second-order valence-corrected chi connectivity index (χ2v) is 9.33. The van der Waals surface area contributed by atoms with E-state index in [0.717, 1.165) is 29.5 Å². The van der Waals surface area contributed by atoms with Gasteiger partial charge in [0.2, 0.25) is 0 Å². The Morgan fingerprint density at radius 1 is 0.969 bits per heavy atom. The number of carbonyl (C=O) groups is 2. The molecule has 2 aromatic carbocycles. The first-order valence-electron chi connectivity index (χ1n) is 11.4. The zero-order valence-electron chi connectivity index (χ0n) is 20.6. The lowest BCUT2D eigenvalue weighted by Gasteiger charge is -2.12. The third-order valence-corrected chi connectivity index (χ3v) is 5.68. The quantitative estimate of drug-likeness (QED) is 0.316. The molecular weight excluding hydrogens is 414 g/mol. The highest BCUT2D eigenvalue weighted by Gasteiger charge is 2.14. The number of benzene rings is 2. The molecule has 0 saturated carbocycles. The van der Waals surface area contributed by atoms with Crippen molar-refractivity contribution in [2.45, 2.75) is 67.3 Å². The lowest BCUT2D eigenvalue weighted by molar-refractivity contribution is -0.114. The van der Waals surface area contributed by atoms with Crippen molar-refractivity contribution < 1.29 is 9.59 Å². The number of hydrogen-bond acceptors (Lipinski definition) is 3. The van der Waals surface area contributed by atoms with Crippen molar-refractivity contribution in [1.29, 1.82) is 0 Å². The van der Waals surface area contributed by atoms with Crippen LogP contribution in [-0.4, -0.2) is 16.9 Å². The molecule has 0 aliphatic heterocycles. The number of Topliss-reactive ketones (excluding diaryl/α,β-unsaturated/α-hetero) is 1. The first kappa shape index (κ1) is 27.7. The summed E-state index contributed by atoms with van der Waals surface area (Å²) >= 11 is 3.81. The minimum atomic E-state index is -0.249. The average molecular weight is 454 g/mol. The Kier molecular flexibility index (Phi) is 12.1. The van der Waals surface area contributed by atoms with E-state index in [-0.39, 0.29) is 22.9 Å². The highest BCUT2D eigenvalue weighted by Crippen LogP contribution is 2.17. The summed E-state index contributed by atoms with van der Waals surface area (Å²) in [6, 6.07) is 15.8. The number of carbonyl (C=O) groups excluding carboxylic acids is 2. The van der Waals surface area contributed by atoms with Gasteiger partial charge in [-0.05, 0) is 63.7 Å². The van der Waals surface area contributed by atoms with E-state index < -0.39 is 0 Å². The van der Waals surface area contributed by atoms with Gasteiger partial charge in [0, 0.05) is 17.7 Å². The van der Waals surface area contributed by atoms with E-state index in [1.807, 2.05) is 64.2 Å². The van der Waals surface area contributed by atoms with Crippen LogP contribution in [0.3, 0.4) is 0 Å². The van der Waals surface area contributed by atoms with Gasteiger partial charge in [-0.15, -0.1) is 12.6 Å². The third-order valence-electron chi connectivity index (χ3n) is 5.32. The molecule has 0 aliphatic rings. The van der Waals surface area contributed by atoms with Crippen LogP contribution < -0.4 is 5.32 Å². The van der Waals surface area contributed by atoms with Crippen molar-refractivity contribution in [1.82, 2.24) is 5.32 Å². The minimum Gasteiger partial charge on any atom is -0.381 e. The maximum Gasteiger partial charge on any atom is 0.188 e. The Morgan fingerprint density at radius 3 is 1.94 bits per heavy atom. The molecule has 0 fully saturated rings. The van der Waals surface area contributed by atoms with Gasteiger partial charge in [-0.3, -0.25) is 9.59 Å². The number of aryl methyl sites for hydroxylation is 2. The van der Waals surface area contributed by atoms with E-state index in [0.29, 0.717) is 5.92 Å². The molecule has 32 heavy (non-hydrogen) atoms. The molecule has 0 spiro atoms. The van der Waals surface area contributed by atoms with Crippen LogP contribution in [0.4, 0.5) is 0 Å². The minimum absolute atomic E-state index is 0.0381. The van der Waals surface area contributed by atoms with Crippen molar-refractivity contribution in [3.8, 4) is 0 Å². The van der Waals surface area contributed by atoms with E-state index in [1.54, 1.807) is 0 Å². The molecule has 3 nitrogen and oxygen atoms in total. The van der Waals surface area contributed by atoms with Crippen LogP contribution in [-0.2, 0) is 4.79 Å². The number of nitrogens with one attached hydrogen (secondary N) is 1. The summed E-state index contributed by atoms with van der Waals surface area (Å²) in [4.78, 5) is 23.2. The van der Waals surface area contributed by atoms with Gasteiger partial charge >= 0.3 is 0 Å². The first-order valence-corrected chi connectivity index (χ1v) is 11.8. The summed E-state index contributed by atoms with van der Waals surface area (Å²) in [5.74, 6) is 0.876. The number of allylic oxidation sites excluding steroid dienone is 1. The van der Waals surface area contributed by atoms with Crippen LogP contribution in [0.15, 0.2) is 54.7 Å². The molecule has 1 N–H and O–H groups in total. The molecular formula is C28H39NO2S. The van der Waals surface area contributed by atoms with Crippen LogP contribution in [0.2, 0.25) is 0 Å². The van der Waals surface area contributed by atoms with Crippen molar-refractivity contribution in [2.75, 3.05) is 0 Å². The summed E-state index contributed by atoms with van der Waals surface area (Å²) in [5.41, 5.74) is 5.37. The van der Waals surface area contributed by atoms with Crippen LogP contribution in [0.5, 0.6) is 0 Å². The van der Waals surface area contributed by atoms with Crippen LogP contribution in [0, 0.1) is 25.7 Å². The maximum absolute atomic E-state index is 12.4. The van der Waals surface area contributed by atoms with Crippen molar-refractivity contribution in [2.24, 2.45) is 11.8 Å². The van der Waals surface area contributed by atoms with Gasteiger partial charge in [0.15, 0.2) is 10.9 Å². The SMILES string of the molecule is C/C(=C\NC(C)C(=O)c1cccc(C)c1)c1cccc(C)c1.CC[C@@H](CC(C)C)C(=O)S. The maximum atomic E-state index is 12.4. The summed E-state index contributed by atoms with van der Waals surface area (Å²) in [6.45, 7) is 14.3. The van der Waals surface area contributed by atoms with Gasteiger partial charge in [0.25, 0.3) is 0 Å². The molecule has 174 valence electrons. The fourth-order valence-corrected chi connectivity index (χ4v) is 3.65. The number of thiol groups is 1. The lowest BCUT2D eigenvalue weighted by atomic mass is 9.96. The summed E-state index contributed by atoms with van der Waals surface area (Å²) in [6.07, 6.45) is 3.81. The lowest BCUT2D eigenvalue weighted by Crippen LogP contribution is -2.30.